The van der Waals surface area contributed by atoms with Crippen molar-refractivity contribution in [1.29, 1.82) is 0 Å². The molecule has 6 N–H and O–H groups in total. The van der Waals surface area contributed by atoms with Gasteiger partial charge in [-0.3, -0.25) is 0 Å². The molecule has 0 aromatic rings. The van der Waals surface area contributed by atoms with Crippen LogP contribution in [0.1, 0.15) is 6.92 Å². The van der Waals surface area contributed by atoms with E-state index in [9.17, 15) is 0 Å². The van der Waals surface area contributed by atoms with Crippen molar-refractivity contribution >= 4 is 0 Å². The third-order valence-electron chi connectivity index (χ3n) is 0.771. The van der Waals surface area contributed by atoms with Gasteiger partial charge in [0.2, 0.25) is 0 Å². The Morgan fingerprint density at radius 2 is 1.62 bits per heavy atom. The fourth-order valence-electron chi connectivity index (χ4n) is 0.246. The van der Waals surface area contributed by atoms with E-state index in [0.717, 1.165) is 0 Å². The van der Waals surface area contributed by atoms with Gasteiger partial charge >= 0.3 is 0 Å². The maximum absolute atomic E-state index is 5.29. The fraction of sp³-hybridized carbons (Fsp3) is 0.200. The van der Waals surface area contributed by atoms with Crippen molar-refractivity contribution in [3.63, 3.8) is 0 Å². The summed E-state index contributed by atoms with van der Waals surface area (Å²) in [6.45, 7) is 5.28. The molecule has 0 heterocycles. The van der Waals surface area contributed by atoms with Crippen LogP contribution in [0.25, 0.3) is 0 Å². The maximum atomic E-state index is 5.29. The molecule has 46 valence electrons. The van der Waals surface area contributed by atoms with Crippen LogP contribution in [0.4, 0.5) is 0 Å². The van der Waals surface area contributed by atoms with Gasteiger partial charge in [0.05, 0.1) is 5.70 Å². The first-order chi connectivity index (χ1) is 3.55. The van der Waals surface area contributed by atoms with Crippen molar-refractivity contribution in [3.05, 3.63) is 23.7 Å². The van der Waals surface area contributed by atoms with E-state index in [-0.39, 0.29) is 5.82 Å². The topological polar surface area (TPSA) is 78.1 Å². The summed E-state index contributed by atoms with van der Waals surface area (Å²) in [6, 6.07) is 0. The number of allylic oxidation sites excluding steroid dienone is 1. The third-order valence-corrected chi connectivity index (χ3v) is 0.771. The molecule has 0 saturated carbocycles. The second-order valence-corrected chi connectivity index (χ2v) is 1.65. The van der Waals surface area contributed by atoms with Crippen LogP contribution < -0.4 is 17.2 Å². The van der Waals surface area contributed by atoms with E-state index in [4.69, 9.17) is 17.2 Å². The van der Waals surface area contributed by atoms with E-state index in [2.05, 4.69) is 6.58 Å². The first kappa shape index (κ1) is 6.88. The lowest BCUT2D eigenvalue weighted by Crippen LogP contribution is -2.17. The summed E-state index contributed by atoms with van der Waals surface area (Å²) in [7, 11) is 0. The lowest BCUT2D eigenvalue weighted by molar-refractivity contribution is 1.13. The quantitative estimate of drug-likeness (QED) is 0.405. The monoisotopic (exact) mass is 113 g/mol. The van der Waals surface area contributed by atoms with Crippen LogP contribution in [0.15, 0.2) is 23.7 Å². The molecule has 0 unspecified atom stereocenters. The summed E-state index contributed by atoms with van der Waals surface area (Å²) in [5.41, 5.74) is 16.6. The lowest BCUT2D eigenvalue weighted by atomic mass is 10.2. The predicted octanol–water partition coefficient (Wildman–Crippen LogP) is -0.392. The van der Waals surface area contributed by atoms with Crippen LogP contribution in [0, 0.1) is 0 Å². The number of rotatable bonds is 1. The zero-order valence-electron chi connectivity index (χ0n) is 4.94. The summed E-state index contributed by atoms with van der Waals surface area (Å²) in [4.78, 5) is 0. The highest BCUT2D eigenvalue weighted by Crippen LogP contribution is 1.96. The van der Waals surface area contributed by atoms with Gasteiger partial charge in [-0.15, -0.1) is 0 Å². The zero-order chi connectivity index (χ0) is 6.73. The van der Waals surface area contributed by atoms with Gasteiger partial charge in [0.1, 0.15) is 5.82 Å². The Morgan fingerprint density at radius 1 is 1.25 bits per heavy atom. The average Bonchev–Trinajstić information content (AvgIpc) is 1.64. The smallest absolute Gasteiger partial charge is 0.117 e. The van der Waals surface area contributed by atoms with Crippen LogP contribution in [0.2, 0.25) is 0 Å². The first-order valence-electron chi connectivity index (χ1n) is 2.22. The molecule has 0 aliphatic rings. The molecular formula is C5H11N3. The summed E-state index contributed by atoms with van der Waals surface area (Å²) in [5, 5.41) is 0. The second kappa shape index (κ2) is 2.26. The van der Waals surface area contributed by atoms with E-state index in [0.29, 0.717) is 11.3 Å². The molecule has 0 fully saturated rings. The van der Waals surface area contributed by atoms with Crippen LogP contribution in [0.5, 0.6) is 0 Å². The van der Waals surface area contributed by atoms with E-state index < -0.39 is 0 Å². The average molecular weight is 113 g/mol. The fourth-order valence-corrected chi connectivity index (χ4v) is 0.246. The summed E-state index contributed by atoms with van der Waals surface area (Å²) < 4.78 is 0. The second-order valence-electron chi connectivity index (χ2n) is 1.65. The van der Waals surface area contributed by atoms with Crippen molar-refractivity contribution < 1.29 is 0 Å². The largest absolute Gasteiger partial charge is 0.396 e. The molecular weight excluding hydrogens is 102 g/mol. The van der Waals surface area contributed by atoms with Crippen molar-refractivity contribution in [2.75, 3.05) is 0 Å². The summed E-state index contributed by atoms with van der Waals surface area (Å²) in [6.07, 6.45) is 0. The maximum Gasteiger partial charge on any atom is 0.117 e. The Labute approximate surface area is 48.8 Å². The van der Waals surface area contributed by atoms with Crippen molar-refractivity contribution in [1.82, 2.24) is 0 Å². The van der Waals surface area contributed by atoms with Gasteiger partial charge in [-0.25, -0.2) is 0 Å². The van der Waals surface area contributed by atoms with Crippen LogP contribution >= 0.6 is 0 Å². The molecule has 0 aliphatic carbocycles. The van der Waals surface area contributed by atoms with Crippen molar-refractivity contribution in [2.45, 2.75) is 6.92 Å². The third kappa shape index (κ3) is 1.55. The zero-order valence-corrected chi connectivity index (χ0v) is 4.94. The number of hydrogen-bond donors (Lipinski definition) is 3. The highest BCUT2D eigenvalue weighted by molar-refractivity contribution is 5.25. The van der Waals surface area contributed by atoms with Crippen molar-refractivity contribution in [3.8, 4) is 0 Å². The molecule has 0 radical (unpaired) electrons. The molecule has 0 bridgehead atoms. The molecule has 3 nitrogen and oxygen atoms in total. The first-order valence-corrected chi connectivity index (χ1v) is 2.22. The number of hydrogen-bond acceptors (Lipinski definition) is 3. The van der Waals surface area contributed by atoms with Gasteiger partial charge < -0.3 is 17.2 Å². The minimum atomic E-state index is 0.137. The Morgan fingerprint density at radius 3 is 1.62 bits per heavy atom. The molecule has 0 atom stereocenters. The van der Waals surface area contributed by atoms with Gasteiger partial charge in [-0.05, 0) is 12.5 Å². The summed E-state index contributed by atoms with van der Waals surface area (Å²) in [5.74, 6) is 0.137. The molecule has 0 aromatic carbocycles. The van der Waals surface area contributed by atoms with Crippen LogP contribution in [0.3, 0.4) is 0 Å². The van der Waals surface area contributed by atoms with Crippen LogP contribution in [-0.4, -0.2) is 0 Å². The number of nitrogens with two attached hydrogens (primary N) is 3. The molecule has 0 rings (SSSR count). The SMILES string of the molecule is C=C(C)C(N)=C(N)N. The molecule has 0 aliphatic heterocycles. The highest BCUT2D eigenvalue weighted by atomic mass is 14.8. The van der Waals surface area contributed by atoms with Gasteiger partial charge in [-0.1, -0.05) is 6.58 Å². The Balaban J connectivity index is 4.23. The highest BCUT2D eigenvalue weighted by Gasteiger charge is 1.91. The van der Waals surface area contributed by atoms with E-state index in [1.165, 1.54) is 0 Å². The van der Waals surface area contributed by atoms with Gasteiger partial charge in [-0.2, -0.15) is 0 Å². The minimum Gasteiger partial charge on any atom is -0.396 e. The van der Waals surface area contributed by atoms with Crippen molar-refractivity contribution in [2.24, 2.45) is 17.2 Å². The standard InChI is InChI=1S/C5H11N3/c1-3(2)4(6)5(7)8/h1,6-8H2,2H3. The van der Waals surface area contributed by atoms with Gasteiger partial charge in [0.25, 0.3) is 0 Å². The lowest BCUT2D eigenvalue weighted by Gasteiger charge is -1.99. The predicted molar refractivity (Wildman–Crippen MR) is 34.4 cm³/mol. The summed E-state index contributed by atoms with van der Waals surface area (Å²) >= 11 is 0. The van der Waals surface area contributed by atoms with E-state index in [1.807, 2.05) is 0 Å². The van der Waals surface area contributed by atoms with Gasteiger partial charge in [0.15, 0.2) is 0 Å². The molecule has 0 saturated heterocycles. The normalized spacial score (nSPS) is 8.12. The van der Waals surface area contributed by atoms with E-state index in [1.54, 1.807) is 6.92 Å². The molecule has 8 heavy (non-hydrogen) atoms. The Bertz CT molecular complexity index is 131. The molecule has 0 aromatic heterocycles. The minimum absolute atomic E-state index is 0.137. The Kier molecular flexibility index (Phi) is 1.94. The molecule has 0 spiro atoms. The molecule has 3 heteroatoms. The van der Waals surface area contributed by atoms with Gasteiger partial charge in [0, 0.05) is 0 Å². The molecule has 0 amide bonds. The Hall–Kier alpha value is -1.12. The van der Waals surface area contributed by atoms with Crippen LogP contribution in [-0.2, 0) is 0 Å². The van der Waals surface area contributed by atoms with E-state index >= 15 is 0 Å².